The number of rotatable bonds is 21. The van der Waals surface area contributed by atoms with Crippen molar-refractivity contribution in [2.75, 3.05) is 57.8 Å². The van der Waals surface area contributed by atoms with Crippen LogP contribution in [0.25, 0.3) is 33.5 Å². The summed E-state index contributed by atoms with van der Waals surface area (Å²) in [6, 6.07) is 0. The van der Waals surface area contributed by atoms with E-state index in [2.05, 4.69) is 44.2 Å². The summed E-state index contributed by atoms with van der Waals surface area (Å²) < 4.78 is 108. The van der Waals surface area contributed by atoms with E-state index in [1.54, 1.807) is 0 Å². The van der Waals surface area contributed by atoms with Crippen molar-refractivity contribution in [2.45, 2.75) is 73.5 Å². The van der Waals surface area contributed by atoms with Gasteiger partial charge in [-0.05, 0) is 6.42 Å². The van der Waals surface area contributed by atoms with E-state index in [0.717, 1.165) is 30.7 Å². The number of nitrogens with zero attached hydrogens (tertiary/aromatic N) is 10. The minimum atomic E-state index is -5.94. The molecule has 3 aliphatic heterocycles. The Morgan fingerprint density at radius 1 is 0.753 bits per heavy atom. The van der Waals surface area contributed by atoms with Gasteiger partial charge in [-0.15, -0.1) is 4.86 Å². The molecule has 5 unspecified atom stereocenters. The Morgan fingerprint density at radius 3 is 2.12 bits per heavy atom. The lowest BCUT2D eigenvalue weighted by Crippen LogP contribution is -2.45. The molecule has 0 spiro atoms. The Hall–Kier alpha value is -5.11. The van der Waals surface area contributed by atoms with E-state index in [-0.39, 0.29) is 64.2 Å². The number of anilines is 3. The van der Waals surface area contributed by atoms with E-state index in [0.29, 0.717) is 0 Å². The van der Waals surface area contributed by atoms with Gasteiger partial charge in [0.25, 0.3) is 17.1 Å². The molecule has 77 heavy (non-hydrogen) atoms. The molecule has 3 aliphatic rings. The number of imidazole rings is 3. The van der Waals surface area contributed by atoms with E-state index < -0.39 is 135 Å². The highest BCUT2D eigenvalue weighted by atomic mass is 31.3. The summed E-state index contributed by atoms with van der Waals surface area (Å²) in [4.78, 5) is 98.9. The molecule has 0 aliphatic carbocycles. The van der Waals surface area contributed by atoms with Crippen LogP contribution in [-0.2, 0) is 66.9 Å². The van der Waals surface area contributed by atoms with Crippen molar-refractivity contribution in [3.05, 3.63) is 46.0 Å². The highest BCUT2D eigenvalue weighted by Gasteiger charge is 2.58. The van der Waals surface area contributed by atoms with Gasteiger partial charge in [-0.3, -0.25) is 46.9 Å². The minimum Gasteiger partial charge on any atom is -0.387 e. The first-order valence-electron chi connectivity index (χ1n) is 22.4. The van der Waals surface area contributed by atoms with Crippen LogP contribution < -0.4 is 37.7 Å². The Balaban J connectivity index is 0.890. The van der Waals surface area contributed by atoms with Gasteiger partial charge < -0.3 is 80.3 Å². The summed E-state index contributed by atoms with van der Waals surface area (Å²) in [6.45, 7) is -3.04. The molecule has 0 aromatic carbocycles. The van der Waals surface area contributed by atoms with Crippen molar-refractivity contribution in [1.82, 2.24) is 58.4 Å². The molecule has 0 radical (unpaired) electrons. The van der Waals surface area contributed by atoms with Gasteiger partial charge in [0, 0.05) is 26.7 Å². The lowest BCUT2D eigenvalue weighted by atomic mass is 9.95. The first kappa shape index (κ1) is 56.6. The van der Waals surface area contributed by atoms with Gasteiger partial charge in [-0.25, -0.2) is 38.2 Å². The van der Waals surface area contributed by atoms with E-state index in [4.69, 9.17) is 54.5 Å². The van der Waals surface area contributed by atoms with Crippen molar-refractivity contribution in [3.8, 4) is 0 Å². The average molecular weight is 1170 g/mol. The largest absolute Gasteiger partial charge is 0.480 e. The van der Waals surface area contributed by atoms with Gasteiger partial charge in [0.05, 0.1) is 45.6 Å². The molecule has 38 nitrogen and oxygen atoms in total. The van der Waals surface area contributed by atoms with Crippen LogP contribution in [0.1, 0.15) is 25.1 Å². The molecule has 16 N–H and O–H groups in total. The van der Waals surface area contributed by atoms with Gasteiger partial charge in [0.2, 0.25) is 17.7 Å². The number of aliphatic hydroxyl groups excluding tert-OH is 3. The molecular weight excluding hydrogens is 1120 g/mol. The van der Waals surface area contributed by atoms with Crippen LogP contribution in [0, 0.1) is 5.92 Å². The zero-order chi connectivity index (χ0) is 55.7. The Morgan fingerprint density at radius 2 is 1.40 bits per heavy atom. The van der Waals surface area contributed by atoms with E-state index >= 15 is 0 Å². The summed E-state index contributed by atoms with van der Waals surface area (Å²) in [5, 5.41) is 33.4. The van der Waals surface area contributed by atoms with Gasteiger partial charge in [-0.1, -0.05) is 4.98 Å². The number of aryl methyl sites for hydroxylation is 1. The molecule has 3 fully saturated rings. The molecule has 422 valence electrons. The third-order valence-electron chi connectivity index (χ3n) is 12.6. The van der Waals surface area contributed by atoms with Crippen LogP contribution in [0.3, 0.4) is 0 Å². The van der Waals surface area contributed by atoms with Crippen LogP contribution in [0.15, 0.2) is 34.9 Å². The number of aromatic amines is 2. The number of nitrogens with one attached hydrogen (secondary N) is 3. The summed E-state index contributed by atoms with van der Waals surface area (Å²) in [5.41, 5.74) is 13.9. The van der Waals surface area contributed by atoms with Crippen molar-refractivity contribution < 1.29 is 99.3 Å². The lowest BCUT2D eigenvalue weighted by molar-refractivity contribution is -0.745. The standard InChI is InChI=1S/C35H50N16O22P4/c1-48-12-51(28-19(48)30(56)46-35(38)44-28)31-20(52)13(4-5-65-2)14(70-31)6-68-75(59,60)47-76(61,62)73-77(63,64)69-8-16-24(23(66-3)33(72-16)49-10-41-17-25(36)39-9-40-26(17)49)74(57,58)67-7-15-21(53)22(54)32(71-15)50-11-42-18-27(50)43-34(37)45-29(18)55/h9-16,20-24,31-33,52-54H,4-8H2,1-3H3,(H12-,36,37,38,39,40,43,44,45,46,47,55,56,57,58,59,60,61,62,63,64)/p+1/t13-,14-,15-,16?,20-,21-,22-,23-,24-,31-,32-,33-/m1/s1. The van der Waals surface area contributed by atoms with Gasteiger partial charge in [0.15, 0.2) is 41.4 Å². The second-order valence-electron chi connectivity index (χ2n) is 17.6. The number of hydrogen-bond donors (Lipinski definition) is 13. The van der Waals surface area contributed by atoms with Crippen molar-refractivity contribution in [3.63, 3.8) is 0 Å². The number of fused-ring (bicyclic) bond motifs is 3. The fraction of sp³-hybridized carbons (Fsp3) is 0.571. The van der Waals surface area contributed by atoms with Crippen molar-refractivity contribution >= 4 is 82.1 Å². The second-order valence-corrected chi connectivity index (χ2v) is 24.5. The molecule has 9 heterocycles. The van der Waals surface area contributed by atoms with Crippen LogP contribution in [0.2, 0.25) is 0 Å². The van der Waals surface area contributed by atoms with E-state index in [1.165, 1.54) is 39.0 Å². The number of ether oxygens (including phenoxy) is 5. The van der Waals surface area contributed by atoms with Crippen LogP contribution in [0.4, 0.5) is 17.7 Å². The van der Waals surface area contributed by atoms with Crippen LogP contribution in [0.5, 0.6) is 0 Å². The molecule has 16 atom stereocenters. The topological polar surface area (TPSA) is 545 Å². The van der Waals surface area contributed by atoms with Crippen molar-refractivity contribution in [2.24, 2.45) is 13.0 Å². The zero-order valence-corrected chi connectivity index (χ0v) is 43.6. The van der Waals surface area contributed by atoms with Crippen molar-refractivity contribution in [1.29, 1.82) is 0 Å². The van der Waals surface area contributed by atoms with Crippen LogP contribution in [-0.4, -0.2) is 178 Å². The lowest BCUT2D eigenvalue weighted by Gasteiger charge is -2.28. The number of H-pyrrole nitrogens is 2. The number of nitrogen functional groups attached to an aromatic ring is 3. The minimum absolute atomic E-state index is 0.00600. The average Bonchev–Trinajstić information content (AvgIpc) is 4.20. The van der Waals surface area contributed by atoms with Gasteiger partial charge >= 0.3 is 36.6 Å². The molecule has 0 saturated carbocycles. The maximum absolute atomic E-state index is 14.4. The molecule has 0 bridgehead atoms. The number of aliphatic hydroxyl groups is 3. The predicted octanol–water partition coefficient (Wildman–Crippen LogP) is -3.78. The number of phosphoric ester groups is 1. The highest BCUT2D eigenvalue weighted by Crippen LogP contribution is 2.63. The van der Waals surface area contributed by atoms with Gasteiger partial charge in [-0.2, -0.15) is 9.29 Å². The molecule has 3 saturated heterocycles. The van der Waals surface area contributed by atoms with E-state index in [9.17, 15) is 62.7 Å². The monoisotopic (exact) mass is 1170 g/mol. The highest BCUT2D eigenvalue weighted by molar-refractivity contribution is 7.71. The Bertz CT molecular complexity index is 3510. The Labute approximate surface area is 429 Å². The number of nitrogens with two attached hydrogens (primary N) is 3. The smallest absolute Gasteiger partial charge is 0.387 e. The third kappa shape index (κ3) is 11.3. The predicted molar refractivity (Wildman–Crippen MR) is 254 cm³/mol. The SMILES string of the molecule is COCC[C@H]1[C@@H](O)[C@H]([n+]2cn(C)c3c(=O)[nH]c(N)nc32)O[C@@H]1COP(=O)(O)NP(=O)(O)OP(=O)(O)OCC1O[C@@H](n2cnc3c(N)ncnc32)[C@H](OC)[C@@H]1P(=O)(O)OC[C@H]1O[C@@H](n2cnc3c(=O)[nH]c(N)nc32)[C@H](O)[C@@H]1O. The molecular formula is C35H51N16O22P4+. The molecule has 6 aromatic heterocycles. The number of hydrogen-bond acceptors (Lipinski definition) is 27. The molecule has 42 heteroatoms. The third-order valence-corrected chi connectivity index (χ3v) is 19.2. The molecule has 0 amide bonds. The summed E-state index contributed by atoms with van der Waals surface area (Å²) in [6.07, 6.45) is -10.8. The summed E-state index contributed by atoms with van der Waals surface area (Å²) in [7, 11) is -18.7. The first-order valence-corrected chi connectivity index (χ1v) is 28.7. The normalized spacial score (nSPS) is 30.0. The first-order chi connectivity index (χ1) is 36.2. The second kappa shape index (κ2) is 21.5. The fourth-order valence-corrected chi connectivity index (χ4v) is 15.0. The molecule has 9 rings (SSSR count). The van der Waals surface area contributed by atoms with Crippen LogP contribution >= 0.6 is 30.9 Å². The number of methoxy groups -OCH3 is 2. The summed E-state index contributed by atoms with van der Waals surface area (Å²) in [5.74, 6) is -1.55. The number of aromatic nitrogens is 12. The zero-order valence-electron chi connectivity index (χ0n) is 40.0. The Kier molecular flexibility index (Phi) is 15.8. The maximum atomic E-state index is 14.4. The molecule has 6 aromatic rings. The maximum Gasteiger partial charge on any atom is 0.480 e. The summed E-state index contributed by atoms with van der Waals surface area (Å²) >= 11 is 0. The fourth-order valence-electron chi connectivity index (χ4n) is 9.24. The number of phosphoric acid groups is 1. The van der Waals surface area contributed by atoms with Gasteiger partial charge in [0.1, 0.15) is 54.1 Å². The quantitative estimate of drug-likeness (QED) is 0.0243. The van der Waals surface area contributed by atoms with E-state index in [1.807, 2.05) is 0 Å².